The first-order valence-electron chi connectivity index (χ1n) is 8.24. The van der Waals surface area contributed by atoms with Crippen LogP contribution in [0, 0.1) is 5.92 Å². The van der Waals surface area contributed by atoms with E-state index in [1.807, 2.05) is 12.1 Å². The highest BCUT2D eigenvalue weighted by Crippen LogP contribution is 2.19. The van der Waals surface area contributed by atoms with E-state index in [0.29, 0.717) is 17.9 Å². The zero-order valence-electron chi connectivity index (χ0n) is 13.8. The van der Waals surface area contributed by atoms with Crippen molar-refractivity contribution < 1.29 is 9.59 Å². The molecule has 0 bridgehead atoms. The van der Waals surface area contributed by atoms with Gasteiger partial charge in [0, 0.05) is 30.8 Å². The van der Waals surface area contributed by atoms with Gasteiger partial charge in [-0.2, -0.15) is 0 Å². The van der Waals surface area contributed by atoms with Crippen molar-refractivity contribution >= 4 is 17.5 Å². The number of nitrogens with zero attached hydrogens (tertiary/aromatic N) is 1. The number of hydrogen-bond acceptors (Lipinski definition) is 3. The van der Waals surface area contributed by atoms with Crippen LogP contribution in [-0.4, -0.2) is 24.9 Å². The molecule has 5 nitrogen and oxygen atoms in total. The van der Waals surface area contributed by atoms with Crippen LogP contribution in [0.25, 0.3) is 0 Å². The van der Waals surface area contributed by atoms with Gasteiger partial charge < -0.3 is 4.90 Å². The Kier molecular flexibility index (Phi) is 6.20. The molecule has 0 aliphatic heterocycles. The van der Waals surface area contributed by atoms with Gasteiger partial charge in [-0.15, -0.1) is 0 Å². The SMILES string of the molecule is CCN(CC)c1ccc(C(=O)NNC(=O)C[C@H]2C=CCC2)cc1. The molecule has 0 fully saturated rings. The van der Waals surface area contributed by atoms with Gasteiger partial charge in [0.1, 0.15) is 0 Å². The van der Waals surface area contributed by atoms with E-state index in [4.69, 9.17) is 0 Å². The Morgan fingerprint density at radius 2 is 1.83 bits per heavy atom. The number of amides is 2. The molecule has 1 aromatic rings. The Morgan fingerprint density at radius 3 is 2.39 bits per heavy atom. The van der Waals surface area contributed by atoms with E-state index in [-0.39, 0.29) is 11.8 Å². The van der Waals surface area contributed by atoms with Gasteiger partial charge in [0.15, 0.2) is 0 Å². The Morgan fingerprint density at radius 1 is 1.13 bits per heavy atom. The van der Waals surface area contributed by atoms with E-state index < -0.39 is 0 Å². The van der Waals surface area contributed by atoms with Crippen LogP contribution in [0.3, 0.4) is 0 Å². The number of nitrogens with one attached hydrogen (secondary N) is 2. The molecule has 0 spiro atoms. The molecule has 5 heteroatoms. The summed E-state index contributed by atoms with van der Waals surface area (Å²) in [6.45, 7) is 6.04. The number of carbonyl (C=O) groups excluding carboxylic acids is 2. The first-order valence-corrected chi connectivity index (χ1v) is 8.24. The highest BCUT2D eigenvalue weighted by atomic mass is 16.2. The molecule has 0 saturated heterocycles. The van der Waals surface area contributed by atoms with Gasteiger partial charge in [0.25, 0.3) is 5.91 Å². The van der Waals surface area contributed by atoms with E-state index >= 15 is 0 Å². The summed E-state index contributed by atoms with van der Waals surface area (Å²) in [4.78, 5) is 26.0. The fourth-order valence-corrected chi connectivity index (χ4v) is 2.77. The third-order valence-corrected chi connectivity index (χ3v) is 4.13. The average molecular weight is 315 g/mol. The molecule has 0 unspecified atom stereocenters. The van der Waals surface area contributed by atoms with Gasteiger partial charge in [-0.05, 0) is 56.9 Å². The Labute approximate surface area is 137 Å². The van der Waals surface area contributed by atoms with Crippen LogP contribution in [0.2, 0.25) is 0 Å². The Balaban J connectivity index is 1.83. The fourth-order valence-electron chi connectivity index (χ4n) is 2.77. The van der Waals surface area contributed by atoms with E-state index in [2.05, 4.69) is 41.8 Å². The van der Waals surface area contributed by atoms with Crippen molar-refractivity contribution in [3.05, 3.63) is 42.0 Å². The molecule has 1 aromatic carbocycles. The molecule has 2 N–H and O–H groups in total. The lowest BCUT2D eigenvalue weighted by molar-refractivity contribution is -0.122. The number of hydrogen-bond donors (Lipinski definition) is 2. The molecule has 1 aliphatic rings. The maximum Gasteiger partial charge on any atom is 0.269 e. The van der Waals surface area contributed by atoms with Crippen LogP contribution >= 0.6 is 0 Å². The monoisotopic (exact) mass is 315 g/mol. The van der Waals surface area contributed by atoms with Crippen molar-refractivity contribution in [3.8, 4) is 0 Å². The van der Waals surface area contributed by atoms with E-state index in [9.17, 15) is 9.59 Å². The molecule has 0 radical (unpaired) electrons. The third kappa shape index (κ3) is 4.84. The number of allylic oxidation sites excluding steroid dienone is 2. The standard InChI is InChI=1S/C18H25N3O2/c1-3-21(4-2)16-11-9-15(10-12-16)18(23)20-19-17(22)13-14-7-5-6-8-14/h5,7,9-12,14H,3-4,6,8,13H2,1-2H3,(H,19,22)(H,20,23)/t14-/m0/s1. The normalized spacial score (nSPS) is 16.2. The molecule has 124 valence electrons. The lowest BCUT2D eigenvalue weighted by Crippen LogP contribution is -2.42. The summed E-state index contributed by atoms with van der Waals surface area (Å²) in [5.74, 6) is -0.165. The second kappa shape index (κ2) is 8.36. The molecule has 1 aliphatic carbocycles. The fraction of sp³-hybridized carbons (Fsp3) is 0.444. The van der Waals surface area contributed by atoms with Gasteiger partial charge in [-0.25, -0.2) is 0 Å². The summed E-state index contributed by atoms with van der Waals surface area (Å²) in [5.41, 5.74) is 6.57. The van der Waals surface area contributed by atoms with Crippen molar-refractivity contribution in [3.63, 3.8) is 0 Å². The van der Waals surface area contributed by atoms with Gasteiger partial charge >= 0.3 is 0 Å². The lowest BCUT2D eigenvalue weighted by Gasteiger charge is -2.21. The van der Waals surface area contributed by atoms with Crippen LogP contribution in [-0.2, 0) is 4.79 Å². The van der Waals surface area contributed by atoms with E-state index in [1.165, 1.54) is 0 Å². The number of benzene rings is 1. The van der Waals surface area contributed by atoms with Gasteiger partial charge in [-0.1, -0.05) is 12.2 Å². The van der Waals surface area contributed by atoms with E-state index in [1.54, 1.807) is 12.1 Å². The third-order valence-electron chi connectivity index (χ3n) is 4.13. The molecule has 1 atom stereocenters. The highest BCUT2D eigenvalue weighted by molar-refractivity contribution is 5.95. The predicted octanol–water partition coefficient (Wildman–Crippen LogP) is 2.65. The number of carbonyl (C=O) groups is 2. The number of rotatable bonds is 6. The molecule has 0 saturated carbocycles. The summed E-state index contributed by atoms with van der Waals surface area (Å²) in [6.07, 6.45) is 6.61. The second-order valence-electron chi connectivity index (χ2n) is 5.69. The Hall–Kier alpha value is -2.30. The first-order chi connectivity index (χ1) is 11.1. The summed E-state index contributed by atoms with van der Waals surface area (Å²) < 4.78 is 0. The van der Waals surface area contributed by atoms with Crippen molar-refractivity contribution in [2.45, 2.75) is 33.1 Å². The summed E-state index contributed by atoms with van der Waals surface area (Å²) >= 11 is 0. The second-order valence-corrected chi connectivity index (χ2v) is 5.69. The van der Waals surface area contributed by atoms with Gasteiger partial charge in [0.05, 0.1) is 0 Å². The van der Waals surface area contributed by atoms with Crippen LogP contribution in [0.15, 0.2) is 36.4 Å². The van der Waals surface area contributed by atoms with E-state index in [0.717, 1.165) is 31.6 Å². The minimum atomic E-state index is -0.300. The molecule has 0 aromatic heterocycles. The summed E-state index contributed by atoms with van der Waals surface area (Å²) in [6, 6.07) is 7.39. The summed E-state index contributed by atoms with van der Waals surface area (Å²) in [7, 11) is 0. The zero-order chi connectivity index (χ0) is 16.7. The molecular weight excluding hydrogens is 290 g/mol. The first kappa shape index (κ1) is 17.1. The highest BCUT2D eigenvalue weighted by Gasteiger charge is 2.14. The molecule has 23 heavy (non-hydrogen) atoms. The average Bonchev–Trinajstić information content (AvgIpc) is 3.07. The van der Waals surface area contributed by atoms with Crippen LogP contribution < -0.4 is 15.8 Å². The van der Waals surface area contributed by atoms with Crippen molar-refractivity contribution in [1.82, 2.24) is 10.9 Å². The lowest BCUT2D eigenvalue weighted by atomic mass is 10.1. The number of anilines is 1. The largest absolute Gasteiger partial charge is 0.372 e. The van der Waals surface area contributed by atoms with Crippen LogP contribution in [0.1, 0.15) is 43.5 Å². The quantitative estimate of drug-likeness (QED) is 0.627. The predicted molar refractivity (Wildman–Crippen MR) is 92.1 cm³/mol. The molecule has 2 rings (SSSR count). The Bertz CT molecular complexity index is 562. The van der Waals surface area contributed by atoms with Crippen molar-refractivity contribution in [1.29, 1.82) is 0 Å². The van der Waals surface area contributed by atoms with Crippen molar-refractivity contribution in [2.75, 3.05) is 18.0 Å². The molecular formula is C18H25N3O2. The summed E-state index contributed by atoms with van der Waals surface area (Å²) in [5, 5.41) is 0. The number of hydrazine groups is 1. The molecule has 0 heterocycles. The maximum atomic E-state index is 12.1. The van der Waals surface area contributed by atoms with Crippen molar-refractivity contribution in [2.24, 2.45) is 5.92 Å². The smallest absolute Gasteiger partial charge is 0.269 e. The zero-order valence-corrected chi connectivity index (χ0v) is 13.8. The van der Waals surface area contributed by atoms with Crippen LogP contribution in [0.5, 0.6) is 0 Å². The van der Waals surface area contributed by atoms with Crippen LogP contribution in [0.4, 0.5) is 5.69 Å². The minimum Gasteiger partial charge on any atom is -0.372 e. The maximum absolute atomic E-state index is 12.1. The minimum absolute atomic E-state index is 0.158. The molecule has 2 amide bonds. The van der Waals surface area contributed by atoms with Gasteiger partial charge in [-0.3, -0.25) is 20.4 Å². The van der Waals surface area contributed by atoms with Gasteiger partial charge in [0.2, 0.25) is 5.91 Å². The topological polar surface area (TPSA) is 61.4 Å².